The Hall–Kier alpha value is -2.36. The summed E-state index contributed by atoms with van der Waals surface area (Å²) in [6.45, 7) is 0. The minimum Gasteiger partial charge on any atom is -0.497 e. The van der Waals surface area contributed by atoms with Crippen LogP contribution in [0.5, 0.6) is 5.75 Å². The van der Waals surface area contributed by atoms with Crippen LogP contribution in [0.3, 0.4) is 0 Å². The van der Waals surface area contributed by atoms with E-state index >= 15 is 0 Å². The summed E-state index contributed by atoms with van der Waals surface area (Å²) in [5.74, 6) is -0.752. The number of halogens is 2. The molecule has 124 valence electrons. The SMILES string of the molecule is COc1ccc(C=C(C#N)S(=O)(=O)Cc2ccc(Cl)cc2)c(F)c1. The Balaban J connectivity index is 2.35. The molecular weight excluding hydrogens is 353 g/mol. The highest BCUT2D eigenvalue weighted by molar-refractivity contribution is 7.95. The highest BCUT2D eigenvalue weighted by Crippen LogP contribution is 2.22. The summed E-state index contributed by atoms with van der Waals surface area (Å²) in [7, 11) is -2.52. The average molecular weight is 366 g/mol. The van der Waals surface area contributed by atoms with E-state index in [2.05, 4.69) is 0 Å². The summed E-state index contributed by atoms with van der Waals surface area (Å²) in [6, 6.07) is 11.8. The first kappa shape index (κ1) is 18.0. The average Bonchev–Trinajstić information content (AvgIpc) is 2.55. The van der Waals surface area contributed by atoms with Crippen molar-refractivity contribution in [1.29, 1.82) is 5.26 Å². The lowest BCUT2D eigenvalue weighted by atomic mass is 10.2. The number of sulfone groups is 1. The molecule has 0 atom stereocenters. The van der Waals surface area contributed by atoms with Crippen LogP contribution in [0.15, 0.2) is 47.4 Å². The summed E-state index contributed by atoms with van der Waals surface area (Å²) in [4.78, 5) is -0.512. The second-order valence-electron chi connectivity index (χ2n) is 4.89. The van der Waals surface area contributed by atoms with Crippen LogP contribution in [0, 0.1) is 17.1 Å². The quantitative estimate of drug-likeness (QED) is 0.752. The van der Waals surface area contributed by atoms with Crippen molar-refractivity contribution in [1.82, 2.24) is 0 Å². The number of methoxy groups -OCH3 is 1. The van der Waals surface area contributed by atoms with Gasteiger partial charge in [0.1, 0.15) is 22.5 Å². The van der Waals surface area contributed by atoms with Crippen LogP contribution in [0.1, 0.15) is 11.1 Å². The van der Waals surface area contributed by atoms with Crippen molar-refractivity contribution in [2.45, 2.75) is 5.75 Å². The molecule has 0 fully saturated rings. The normalized spacial score (nSPS) is 11.8. The minimum atomic E-state index is -3.91. The molecule has 7 heteroatoms. The Morgan fingerprint density at radius 1 is 1.29 bits per heavy atom. The van der Waals surface area contributed by atoms with Gasteiger partial charge in [0.25, 0.3) is 0 Å². The smallest absolute Gasteiger partial charge is 0.192 e. The molecule has 0 amide bonds. The molecule has 0 aliphatic heterocycles. The Morgan fingerprint density at radius 3 is 2.50 bits per heavy atom. The standard InChI is InChI=1S/C17H13ClFNO3S/c1-23-15-7-4-13(17(19)9-15)8-16(10-20)24(21,22)11-12-2-5-14(18)6-3-12/h2-9H,11H2,1H3. The second kappa shape index (κ2) is 7.47. The molecule has 0 aliphatic rings. The van der Waals surface area contributed by atoms with Gasteiger partial charge in [-0.15, -0.1) is 0 Å². The molecule has 0 spiro atoms. The summed E-state index contributed by atoms with van der Waals surface area (Å²) in [5, 5.41) is 9.65. The van der Waals surface area contributed by atoms with E-state index in [0.29, 0.717) is 16.3 Å². The van der Waals surface area contributed by atoms with Crippen LogP contribution in [-0.4, -0.2) is 15.5 Å². The minimum absolute atomic E-state index is 0.00738. The van der Waals surface area contributed by atoms with Crippen molar-refractivity contribution < 1.29 is 17.5 Å². The topological polar surface area (TPSA) is 67.2 Å². The summed E-state index contributed by atoms with van der Waals surface area (Å²) in [6.07, 6.45) is 1.01. The number of benzene rings is 2. The number of allylic oxidation sites excluding steroid dienone is 1. The van der Waals surface area contributed by atoms with Crippen LogP contribution in [0.2, 0.25) is 5.02 Å². The number of hydrogen-bond donors (Lipinski definition) is 0. The van der Waals surface area contributed by atoms with E-state index in [0.717, 1.165) is 12.1 Å². The maximum Gasteiger partial charge on any atom is 0.192 e. The van der Waals surface area contributed by atoms with E-state index in [-0.39, 0.29) is 11.3 Å². The van der Waals surface area contributed by atoms with Crippen LogP contribution in [-0.2, 0) is 15.6 Å². The van der Waals surface area contributed by atoms with Gasteiger partial charge in [-0.25, -0.2) is 12.8 Å². The Morgan fingerprint density at radius 2 is 1.96 bits per heavy atom. The number of ether oxygens (including phenoxy) is 1. The van der Waals surface area contributed by atoms with Gasteiger partial charge in [-0.2, -0.15) is 5.26 Å². The lowest BCUT2D eigenvalue weighted by molar-refractivity contribution is 0.411. The van der Waals surface area contributed by atoms with E-state index < -0.39 is 20.6 Å². The molecule has 0 N–H and O–H groups in total. The lowest BCUT2D eigenvalue weighted by Crippen LogP contribution is -2.06. The maximum atomic E-state index is 13.9. The van der Waals surface area contributed by atoms with Gasteiger partial charge in [0, 0.05) is 16.7 Å². The van der Waals surface area contributed by atoms with E-state index in [1.807, 2.05) is 0 Å². The molecule has 0 heterocycles. The van der Waals surface area contributed by atoms with Crippen molar-refractivity contribution in [3.8, 4) is 11.8 Å². The first-order valence-electron chi connectivity index (χ1n) is 6.78. The summed E-state index contributed by atoms with van der Waals surface area (Å²) < 4.78 is 43.6. The van der Waals surface area contributed by atoms with Gasteiger partial charge in [-0.1, -0.05) is 23.7 Å². The molecule has 0 aromatic heterocycles. The third-order valence-corrected chi connectivity index (χ3v) is 5.05. The fraction of sp³-hybridized carbons (Fsp3) is 0.118. The highest BCUT2D eigenvalue weighted by atomic mass is 35.5. The van der Waals surface area contributed by atoms with Crippen molar-refractivity contribution in [3.05, 3.63) is 69.3 Å². The van der Waals surface area contributed by atoms with Gasteiger partial charge >= 0.3 is 0 Å². The number of rotatable bonds is 5. The van der Waals surface area contributed by atoms with Crippen molar-refractivity contribution in [3.63, 3.8) is 0 Å². The van der Waals surface area contributed by atoms with Crippen LogP contribution in [0.25, 0.3) is 6.08 Å². The Labute approximate surface area is 144 Å². The monoisotopic (exact) mass is 365 g/mol. The number of nitriles is 1. The maximum absolute atomic E-state index is 13.9. The Kier molecular flexibility index (Phi) is 5.60. The van der Waals surface area contributed by atoms with E-state index in [1.165, 1.54) is 19.2 Å². The Bertz CT molecular complexity index is 916. The van der Waals surface area contributed by atoms with E-state index in [9.17, 15) is 18.1 Å². The molecule has 0 radical (unpaired) electrons. The number of nitrogens with zero attached hydrogens (tertiary/aromatic N) is 1. The first-order chi connectivity index (χ1) is 11.4. The molecular formula is C17H13ClFNO3S. The third kappa shape index (κ3) is 4.34. The largest absolute Gasteiger partial charge is 0.497 e. The fourth-order valence-electron chi connectivity index (χ4n) is 1.96. The predicted molar refractivity (Wildman–Crippen MR) is 90.6 cm³/mol. The van der Waals surface area contributed by atoms with E-state index in [1.54, 1.807) is 30.3 Å². The molecule has 0 unspecified atom stereocenters. The molecule has 0 bridgehead atoms. The molecule has 2 aromatic rings. The van der Waals surface area contributed by atoms with Gasteiger partial charge in [0.2, 0.25) is 0 Å². The molecule has 2 rings (SSSR count). The third-order valence-electron chi connectivity index (χ3n) is 3.21. The van der Waals surface area contributed by atoms with Gasteiger partial charge < -0.3 is 4.74 Å². The molecule has 0 saturated heterocycles. The van der Waals surface area contributed by atoms with Crippen molar-refractivity contribution in [2.75, 3.05) is 7.11 Å². The first-order valence-corrected chi connectivity index (χ1v) is 8.81. The zero-order valence-electron chi connectivity index (χ0n) is 12.7. The van der Waals surface area contributed by atoms with Crippen LogP contribution in [0.4, 0.5) is 4.39 Å². The molecule has 0 saturated carbocycles. The van der Waals surface area contributed by atoms with Gasteiger partial charge in [-0.3, -0.25) is 0 Å². The molecule has 0 aliphatic carbocycles. The number of hydrogen-bond acceptors (Lipinski definition) is 4. The summed E-state index contributed by atoms with van der Waals surface area (Å²) >= 11 is 5.76. The molecule has 2 aromatic carbocycles. The predicted octanol–water partition coefficient (Wildman–Crippen LogP) is 3.97. The van der Waals surface area contributed by atoms with Gasteiger partial charge in [-0.05, 0) is 35.9 Å². The zero-order valence-corrected chi connectivity index (χ0v) is 14.2. The highest BCUT2D eigenvalue weighted by Gasteiger charge is 2.19. The zero-order chi connectivity index (χ0) is 17.7. The van der Waals surface area contributed by atoms with Crippen molar-refractivity contribution >= 4 is 27.5 Å². The van der Waals surface area contributed by atoms with Crippen LogP contribution >= 0.6 is 11.6 Å². The van der Waals surface area contributed by atoms with Gasteiger partial charge in [0.15, 0.2) is 9.84 Å². The molecule has 24 heavy (non-hydrogen) atoms. The lowest BCUT2D eigenvalue weighted by Gasteiger charge is -2.05. The summed E-state index contributed by atoms with van der Waals surface area (Å²) in [5.41, 5.74) is 0.475. The van der Waals surface area contributed by atoms with Crippen molar-refractivity contribution in [2.24, 2.45) is 0 Å². The molecule has 4 nitrogen and oxygen atoms in total. The fourth-order valence-corrected chi connectivity index (χ4v) is 3.32. The van der Waals surface area contributed by atoms with E-state index in [4.69, 9.17) is 16.3 Å². The second-order valence-corrected chi connectivity index (χ2v) is 7.29. The van der Waals surface area contributed by atoms with Crippen LogP contribution < -0.4 is 4.74 Å². The van der Waals surface area contributed by atoms with Gasteiger partial charge in [0.05, 0.1) is 12.9 Å².